The fourth-order valence-electron chi connectivity index (χ4n) is 19.9. The summed E-state index contributed by atoms with van der Waals surface area (Å²) in [7, 11) is 0. The van der Waals surface area contributed by atoms with Crippen LogP contribution >= 0.6 is 0 Å². The van der Waals surface area contributed by atoms with Crippen molar-refractivity contribution in [1.29, 1.82) is 0 Å². The van der Waals surface area contributed by atoms with Crippen molar-refractivity contribution < 1.29 is 0 Å². The zero-order valence-electron chi connectivity index (χ0n) is 63.2. The van der Waals surface area contributed by atoms with Crippen molar-refractivity contribution in [2.75, 3.05) is 0 Å². The molecule has 0 aliphatic rings. The Morgan fingerprint density at radius 3 is 0.417 bits per heavy atom. The monoisotopic (exact) mass is 1390 g/mol. The molecule has 0 fully saturated rings. The van der Waals surface area contributed by atoms with Crippen molar-refractivity contribution in [3.63, 3.8) is 0 Å². The lowest BCUT2D eigenvalue weighted by molar-refractivity contribution is 0.867. The van der Waals surface area contributed by atoms with Crippen LogP contribution in [0.2, 0.25) is 0 Å². The molecule has 19 aromatic carbocycles. The minimum Gasteiger partial charge on any atom is -0.0651 e. The van der Waals surface area contributed by atoms with Gasteiger partial charge in [-0.25, -0.2) is 0 Å². The number of hydrogen-bond acceptors (Lipinski definition) is 0. The molecule has 0 unspecified atom stereocenters. The van der Waals surface area contributed by atoms with E-state index in [9.17, 15) is 0 Å². The molecule has 12 bridgehead atoms. The predicted octanol–water partition coefficient (Wildman–Crippen LogP) is 31.2. The smallest absolute Gasteiger partial charge is 0.00111 e. The molecule has 0 heterocycles. The Hall–Kier alpha value is -11.7. The molecule has 108 heavy (non-hydrogen) atoms. The quantitative estimate of drug-likeness (QED) is 0.0751. The van der Waals surface area contributed by atoms with E-state index < -0.39 is 0 Å². The van der Waals surface area contributed by atoms with Crippen molar-refractivity contribution in [1.82, 2.24) is 0 Å². The Bertz CT molecular complexity index is 5720. The molecule has 0 amide bonds. The molecule has 0 nitrogen and oxygen atoms in total. The van der Waals surface area contributed by atoms with Gasteiger partial charge in [0.05, 0.1) is 0 Å². The van der Waals surface area contributed by atoms with Crippen molar-refractivity contribution in [3.05, 3.63) is 325 Å². The number of fused-ring (bicyclic) bond motifs is 18. The highest BCUT2D eigenvalue weighted by atomic mass is 14.3. The van der Waals surface area contributed by atoms with Crippen LogP contribution in [0.15, 0.2) is 291 Å². The van der Waals surface area contributed by atoms with Crippen LogP contribution < -0.4 is 0 Å². The van der Waals surface area contributed by atoms with E-state index in [0.717, 1.165) is 77.0 Å². The Balaban J connectivity index is 1.08. The minimum atomic E-state index is 0.986. The Labute approximate surface area is 635 Å². The predicted molar refractivity (Wildman–Crippen MR) is 473 cm³/mol. The maximum atomic E-state index is 2.59. The summed E-state index contributed by atoms with van der Waals surface area (Å²) < 4.78 is 0. The van der Waals surface area contributed by atoms with Crippen molar-refractivity contribution in [2.45, 2.75) is 119 Å². The van der Waals surface area contributed by atoms with Crippen LogP contribution in [0.4, 0.5) is 0 Å². The molecule has 0 N–H and O–H groups in total. The summed E-state index contributed by atoms with van der Waals surface area (Å²) in [6.45, 7) is 14.2. The van der Waals surface area contributed by atoms with Gasteiger partial charge in [0.15, 0.2) is 0 Å². The van der Waals surface area contributed by atoms with Gasteiger partial charge in [0.25, 0.3) is 0 Å². The zero-order valence-corrected chi connectivity index (χ0v) is 63.2. The molecular formula is C108H90. The van der Waals surface area contributed by atoms with E-state index >= 15 is 0 Å². The Morgan fingerprint density at radius 2 is 0.287 bits per heavy atom. The van der Waals surface area contributed by atoms with Crippen LogP contribution in [0.25, 0.3) is 196 Å². The maximum absolute atomic E-state index is 2.59. The third-order valence-electron chi connectivity index (χ3n) is 24.1. The molecule has 0 radical (unpaired) electrons. The molecule has 0 aliphatic heterocycles. The van der Waals surface area contributed by atoms with Crippen molar-refractivity contribution in [2.24, 2.45) is 0 Å². The van der Waals surface area contributed by atoms with E-state index in [1.165, 1.54) is 229 Å². The standard InChI is InChI=1S/C108H90/c1-7-31-79-80(32-8-2)98(68-39-21-14-22-40-68)104-86-56-50-74-62-92(86)91-61-73(49-55-85(91)103(104)97(79)67-37-19-13-20-38-67)75-51-57-87-93(63-75)95-65-77(53-59-89(95)107-101(71-45-27-17-28-46-71)82(34-10-4)81(33-9-3)99(105(87)107)69-41-23-15-24-42-69)78-54-60-90-96(66-78)94-64-76(74)52-58-88(94)106-100(70-43-25-16-26-44-70)83(35-11-5)84(36-12-6)102(108(90)106)72-47-29-18-30-48-72/h13-30,37-66H,7-12,31-36H2,1-6H3. The number of rotatable bonds is 18. The van der Waals surface area contributed by atoms with Gasteiger partial charge in [0, 0.05) is 0 Å². The summed E-state index contributed by atoms with van der Waals surface area (Å²) in [5, 5.41) is 30.7. The normalized spacial score (nSPS) is 12.1. The third kappa shape index (κ3) is 10.8. The molecule has 19 aromatic rings. The van der Waals surface area contributed by atoms with Gasteiger partial charge in [-0.3, -0.25) is 0 Å². The summed E-state index contributed by atoms with van der Waals surface area (Å²) in [6.07, 6.45) is 12.2. The van der Waals surface area contributed by atoms with Gasteiger partial charge in [-0.15, -0.1) is 0 Å². The first-order valence-corrected chi connectivity index (χ1v) is 40.3. The average Bonchev–Trinajstić information content (AvgIpc) is 0.712. The molecule has 0 saturated carbocycles. The van der Waals surface area contributed by atoms with E-state index in [0.29, 0.717) is 0 Å². The first-order chi connectivity index (χ1) is 53.4. The summed E-state index contributed by atoms with van der Waals surface area (Å²) >= 11 is 0. The molecule has 0 spiro atoms. The zero-order chi connectivity index (χ0) is 72.7. The summed E-state index contributed by atoms with van der Waals surface area (Å²) in [6, 6.07) is 114. The SMILES string of the molecule is CCCc1c(CCC)c(-c2ccccc2)c2c3ccc4cc3c3cc(ccc3c2c1-c1ccccc1)c1ccc2c(c1)c1cc(ccc1c1c(-c3ccccc3)c(CCC)c(CCC)c(-c3ccccc3)c21)c1ccc2c(c1)c1cc4ccc1c1c(-c3ccccc3)c(CCC)c(CCC)c(-c3ccccc3)c21. The van der Waals surface area contributed by atoms with E-state index in [4.69, 9.17) is 0 Å². The fourth-order valence-corrected chi connectivity index (χ4v) is 19.9. The number of benzene rings is 18. The summed E-state index contributed by atoms with van der Waals surface area (Å²) in [5.41, 5.74) is 24.8. The van der Waals surface area contributed by atoms with Crippen LogP contribution in [-0.2, 0) is 38.5 Å². The van der Waals surface area contributed by atoms with E-state index in [-0.39, 0.29) is 0 Å². The van der Waals surface area contributed by atoms with Crippen molar-refractivity contribution in [3.8, 4) is 66.8 Å². The highest BCUT2D eigenvalue weighted by Crippen LogP contribution is 2.55. The van der Waals surface area contributed by atoms with Gasteiger partial charge in [0.2, 0.25) is 0 Å². The van der Waals surface area contributed by atoms with Crippen LogP contribution in [0, 0.1) is 0 Å². The van der Waals surface area contributed by atoms with Crippen LogP contribution in [0.5, 0.6) is 0 Å². The minimum absolute atomic E-state index is 0.986. The largest absolute Gasteiger partial charge is 0.0651 e. The molecule has 0 aromatic heterocycles. The molecule has 0 heteroatoms. The molecule has 0 aliphatic carbocycles. The molecule has 0 saturated heterocycles. The van der Waals surface area contributed by atoms with Gasteiger partial charge in [-0.05, 0) is 304 Å². The Kier molecular flexibility index (Phi) is 17.3. The van der Waals surface area contributed by atoms with Gasteiger partial charge in [0.1, 0.15) is 0 Å². The molecular weight excluding hydrogens is 1300 g/mol. The lowest BCUT2D eigenvalue weighted by Gasteiger charge is -2.26. The van der Waals surface area contributed by atoms with Gasteiger partial charge >= 0.3 is 0 Å². The average molecular weight is 1390 g/mol. The van der Waals surface area contributed by atoms with Crippen molar-refractivity contribution >= 4 is 129 Å². The second-order valence-electron chi connectivity index (χ2n) is 30.6. The topological polar surface area (TPSA) is 0 Å². The van der Waals surface area contributed by atoms with E-state index in [1.807, 2.05) is 0 Å². The maximum Gasteiger partial charge on any atom is -0.00111 e. The highest BCUT2D eigenvalue weighted by molar-refractivity contribution is 6.38. The first-order valence-electron chi connectivity index (χ1n) is 40.3. The fraction of sp³-hybridized carbons (Fsp3) is 0.167. The molecule has 0 atom stereocenters. The number of hydrogen-bond donors (Lipinski definition) is 0. The second kappa shape index (κ2) is 27.9. The highest BCUT2D eigenvalue weighted by Gasteiger charge is 2.30. The molecule has 19 rings (SSSR count). The first kappa shape index (κ1) is 66.9. The van der Waals surface area contributed by atoms with E-state index in [2.05, 4.69) is 333 Å². The van der Waals surface area contributed by atoms with Gasteiger partial charge in [-0.1, -0.05) is 335 Å². The van der Waals surface area contributed by atoms with Crippen LogP contribution in [-0.4, -0.2) is 0 Å². The molecule has 522 valence electrons. The third-order valence-corrected chi connectivity index (χ3v) is 24.1. The Morgan fingerprint density at radius 1 is 0.148 bits per heavy atom. The lowest BCUT2D eigenvalue weighted by atomic mass is 9.77. The van der Waals surface area contributed by atoms with E-state index in [1.54, 1.807) is 0 Å². The van der Waals surface area contributed by atoms with Gasteiger partial charge < -0.3 is 0 Å². The van der Waals surface area contributed by atoms with Crippen LogP contribution in [0.1, 0.15) is 113 Å². The lowest BCUT2D eigenvalue weighted by Crippen LogP contribution is -2.04. The summed E-state index contributed by atoms with van der Waals surface area (Å²) in [4.78, 5) is 0. The summed E-state index contributed by atoms with van der Waals surface area (Å²) in [5.74, 6) is 0. The second-order valence-corrected chi connectivity index (χ2v) is 30.6. The van der Waals surface area contributed by atoms with Gasteiger partial charge in [-0.2, -0.15) is 0 Å². The van der Waals surface area contributed by atoms with Crippen LogP contribution in [0.3, 0.4) is 0 Å².